The summed E-state index contributed by atoms with van der Waals surface area (Å²) in [5.41, 5.74) is 2.82. The minimum atomic E-state index is -0.495. The van der Waals surface area contributed by atoms with Gasteiger partial charge in [0, 0.05) is 30.5 Å². The van der Waals surface area contributed by atoms with Gasteiger partial charge in [0.25, 0.3) is 0 Å². The van der Waals surface area contributed by atoms with Crippen molar-refractivity contribution in [3.63, 3.8) is 0 Å². The summed E-state index contributed by atoms with van der Waals surface area (Å²) in [7, 11) is 0. The third-order valence-corrected chi connectivity index (χ3v) is 5.51. The van der Waals surface area contributed by atoms with E-state index in [-0.39, 0.29) is 0 Å². The van der Waals surface area contributed by atoms with Crippen LogP contribution in [0.4, 0.5) is 5.82 Å². The monoisotopic (exact) mass is 338 g/mol. The number of anilines is 1. The fourth-order valence-corrected chi connectivity index (χ4v) is 4.13. The number of pyridine rings is 1. The molecule has 2 aromatic rings. The zero-order chi connectivity index (χ0) is 17.3. The van der Waals surface area contributed by atoms with Crippen molar-refractivity contribution >= 4 is 5.82 Å². The maximum Gasteiger partial charge on any atom is 0.180 e. The summed E-state index contributed by atoms with van der Waals surface area (Å²) in [6.07, 6.45) is 8.58. The van der Waals surface area contributed by atoms with Crippen LogP contribution in [0.25, 0.3) is 11.5 Å². The zero-order valence-electron chi connectivity index (χ0n) is 14.9. The summed E-state index contributed by atoms with van der Waals surface area (Å²) in [5, 5.41) is 10.7. The van der Waals surface area contributed by atoms with Crippen molar-refractivity contribution in [1.82, 2.24) is 15.0 Å². The predicted octanol–water partition coefficient (Wildman–Crippen LogP) is 3.16. The first kappa shape index (κ1) is 16.5. The van der Waals surface area contributed by atoms with E-state index in [1.807, 2.05) is 18.2 Å². The molecule has 2 aliphatic rings. The van der Waals surface area contributed by atoms with Gasteiger partial charge in [-0.1, -0.05) is 19.4 Å². The molecule has 0 saturated carbocycles. The lowest BCUT2D eigenvalue weighted by molar-refractivity contribution is 0.00727. The highest BCUT2D eigenvalue weighted by atomic mass is 16.3. The minimum Gasteiger partial charge on any atom is -0.390 e. The Morgan fingerprint density at radius 2 is 2.00 bits per heavy atom. The van der Waals surface area contributed by atoms with Crippen molar-refractivity contribution in [3.8, 4) is 11.5 Å². The van der Waals surface area contributed by atoms with E-state index in [1.165, 1.54) is 11.3 Å². The van der Waals surface area contributed by atoms with Crippen molar-refractivity contribution < 1.29 is 5.11 Å². The van der Waals surface area contributed by atoms with Crippen LogP contribution in [0.5, 0.6) is 0 Å². The lowest BCUT2D eigenvalue weighted by atomic mass is 9.87. The van der Waals surface area contributed by atoms with Crippen molar-refractivity contribution in [1.29, 1.82) is 0 Å². The molecule has 25 heavy (non-hydrogen) atoms. The number of fused-ring (bicyclic) bond motifs is 1. The summed E-state index contributed by atoms with van der Waals surface area (Å²) in [5.74, 6) is 1.80. The highest BCUT2D eigenvalue weighted by Gasteiger charge is 2.33. The van der Waals surface area contributed by atoms with Gasteiger partial charge in [0.1, 0.15) is 11.5 Å². The van der Waals surface area contributed by atoms with Crippen LogP contribution < -0.4 is 4.90 Å². The number of piperidine rings is 1. The van der Waals surface area contributed by atoms with Crippen LogP contribution in [-0.2, 0) is 12.8 Å². The lowest BCUT2D eigenvalue weighted by Crippen LogP contribution is -2.45. The molecule has 0 radical (unpaired) electrons. The van der Waals surface area contributed by atoms with Crippen LogP contribution >= 0.6 is 0 Å². The van der Waals surface area contributed by atoms with Crippen LogP contribution in [0.2, 0.25) is 0 Å². The van der Waals surface area contributed by atoms with Gasteiger partial charge in [-0.25, -0.2) is 9.97 Å². The molecule has 0 unspecified atom stereocenters. The van der Waals surface area contributed by atoms with E-state index >= 15 is 0 Å². The van der Waals surface area contributed by atoms with Crippen molar-refractivity contribution in [2.75, 3.05) is 18.0 Å². The fraction of sp³-hybridized carbons (Fsp3) is 0.550. The second kappa shape index (κ2) is 6.71. The Hall–Kier alpha value is -2.01. The Bertz CT molecular complexity index is 739. The Balaban J connectivity index is 1.65. The van der Waals surface area contributed by atoms with Crippen molar-refractivity contribution in [2.45, 2.75) is 57.5 Å². The molecule has 132 valence electrons. The summed E-state index contributed by atoms with van der Waals surface area (Å²) in [6, 6.07) is 5.86. The Labute approximate surface area is 149 Å². The number of aliphatic hydroxyl groups is 1. The van der Waals surface area contributed by atoms with E-state index in [1.54, 1.807) is 6.20 Å². The molecular weight excluding hydrogens is 312 g/mol. The molecule has 0 atom stereocenters. The molecule has 5 nitrogen and oxygen atoms in total. The normalized spacial score (nSPS) is 19.0. The topological polar surface area (TPSA) is 62.1 Å². The second-order valence-electron chi connectivity index (χ2n) is 7.33. The highest BCUT2D eigenvalue weighted by molar-refractivity contribution is 5.59. The van der Waals surface area contributed by atoms with Crippen molar-refractivity contribution in [3.05, 3.63) is 35.7 Å². The lowest BCUT2D eigenvalue weighted by Gasteiger charge is -2.39. The predicted molar refractivity (Wildman–Crippen MR) is 98.6 cm³/mol. The number of nitrogens with zero attached hydrogens (tertiary/aromatic N) is 4. The summed E-state index contributed by atoms with van der Waals surface area (Å²) < 4.78 is 0. The number of hydrogen-bond acceptors (Lipinski definition) is 5. The van der Waals surface area contributed by atoms with E-state index in [0.717, 1.165) is 75.4 Å². The summed E-state index contributed by atoms with van der Waals surface area (Å²) >= 11 is 0. The Morgan fingerprint density at radius 1 is 1.16 bits per heavy atom. The van der Waals surface area contributed by atoms with Gasteiger partial charge in [-0.15, -0.1) is 0 Å². The van der Waals surface area contributed by atoms with E-state index < -0.39 is 5.60 Å². The number of aromatic nitrogens is 3. The molecule has 5 heteroatoms. The van der Waals surface area contributed by atoms with Gasteiger partial charge in [0.2, 0.25) is 0 Å². The smallest absolute Gasteiger partial charge is 0.180 e. The van der Waals surface area contributed by atoms with Crippen LogP contribution in [0.1, 0.15) is 50.3 Å². The largest absolute Gasteiger partial charge is 0.390 e. The molecule has 0 amide bonds. The van der Waals surface area contributed by atoms with Gasteiger partial charge in [-0.2, -0.15) is 0 Å². The van der Waals surface area contributed by atoms with E-state index in [0.29, 0.717) is 0 Å². The van der Waals surface area contributed by atoms with Crippen LogP contribution in [0.15, 0.2) is 24.4 Å². The quantitative estimate of drug-likeness (QED) is 0.928. The highest BCUT2D eigenvalue weighted by Crippen LogP contribution is 2.35. The van der Waals surface area contributed by atoms with Gasteiger partial charge >= 0.3 is 0 Å². The van der Waals surface area contributed by atoms with Gasteiger partial charge in [0.05, 0.1) is 5.60 Å². The molecule has 0 aromatic carbocycles. The average Bonchev–Trinajstić information content (AvgIpc) is 3.11. The molecule has 0 spiro atoms. The maximum atomic E-state index is 10.7. The van der Waals surface area contributed by atoms with Crippen molar-refractivity contribution in [2.24, 2.45) is 0 Å². The van der Waals surface area contributed by atoms with Crippen LogP contribution in [0, 0.1) is 0 Å². The van der Waals surface area contributed by atoms with Gasteiger partial charge < -0.3 is 10.0 Å². The molecule has 1 fully saturated rings. The van der Waals surface area contributed by atoms with Gasteiger partial charge in [0.15, 0.2) is 5.82 Å². The first-order valence-electron chi connectivity index (χ1n) is 9.47. The van der Waals surface area contributed by atoms with E-state index in [9.17, 15) is 5.11 Å². The number of aryl methyl sites for hydroxylation is 1. The maximum absolute atomic E-state index is 10.7. The molecule has 1 aliphatic heterocycles. The summed E-state index contributed by atoms with van der Waals surface area (Å²) in [4.78, 5) is 16.5. The third-order valence-electron chi connectivity index (χ3n) is 5.51. The number of rotatable bonds is 4. The summed E-state index contributed by atoms with van der Waals surface area (Å²) in [6.45, 7) is 3.87. The molecule has 4 rings (SSSR count). The third kappa shape index (κ3) is 3.25. The second-order valence-corrected chi connectivity index (χ2v) is 7.33. The van der Waals surface area contributed by atoms with Crippen LogP contribution in [-0.4, -0.2) is 38.7 Å². The first-order valence-corrected chi connectivity index (χ1v) is 9.47. The van der Waals surface area contributed by atoms with E-state index in [2.05, 4.69) is 16.8 Å². The zero-order valence-corrected chi connectivity index (χ0v) is 14.9. The fourth-order valence-electron chi connectivity index (χ4n) is 4.13. The molecule has 1 saturated heterocycles. The SMILES string of the molecule is CCCC1(O)CCN(c2nc(-c3ccccn3)nc3c2CCC3)CC1. The van der Waals surface area contributed by atoms with Gasteiger partial charge in [-0.3, -0.25) is 4.98 Å². The average molecular weight is 338 g/mol. The standard InChI is InChI=1S/C20H26N4O/c1-2-9-20(25)10-13-24(14-11-20)19-15-6-5-8-16(15)22-18(23-19)17-7-3-4-12-21-17/h3-4,7,12,25H,2,5-6,8-11,13-14H2,1H3. The Kier molecular flexibility index (Phi) is 4.42. The minimum absolute atomic E-state index is 0.495. The molecular formula is C20H26N4O. The van der Waals surface area contributed by atoms with Gasteiger partial charge in [-0.05, 0) is 50.7 Å². The Morgan fingerprint density at radius 3 is 2.72 bits per heavy atom. The molecule has 0 bridgehead atoms. The first-order chi connectivity index (χ1) is 12.2. The molecule has 2 aromatic heterocycles. The molecule has 3 heterocycles. The van der Waals surface area contributed by atoms with E-state index in [4.69, 9.17) is 9.97 Å². The molecule has 1 aliphatic carbocycles. The van der Waals surface area contributed by atoms with Crippen LogP contribution in [0.3, 0.4) is 0 Å². The number of hydrogen-bond donors (Lipinski definition) is 1. The molecule has 1 N–H and O–H groups in total.